The van der Waals surface area contributed by atoms with Crippen LogP contribution in [0.5, 0.6) is 0 Å². The van der Waals surface area contributed by atoms with Crippen LogP contribution in [0.25, 0.3) is 0 Å². The second-order valence-electron chi connectivity index (χ2n) is 2.14. The number of halogens is 1. The van der Waals surface area contributed by atoms with E-state index < -0.39 is 0 Å². The largest absolute Gasteiger partial charge is 0.395 e. The van der Waals surface area contributed by atoms with Crippen molar-refractivity contribution in [2.45, 2.75) is 6.42 Å². The van der Waals surface area contributed by atoms with E-state index in [0.29, 0.717) is 11.6 Å². The van der Waals surface area contributed by atoms with Gasteiger partial charge in [-0.1, -0.05) is 23.4 Å². The number of nitrogens with zero attached hydrogens (tertiary/aromatic N) is 1. The lowest BCUT2D eigenvalue weighted by Crippen LogP contribution is -1.79. The number of aliphatic hydroxyl groups is 1. The molecule has 62 valence electrons. The van der Waals surface area contributed by atoms with Crippen molar-refractivity contribution in [2.24, 2.45) is 0 Å². The van der Waals surface area contributed by atoms with Gasteiger partial charge < -0.3 is 5.11 Å². The van der Waals surface area contributed by atoms with E-state index >= 15 is 0 Å². The maximum Gasteiger partial charge on any atom is 0.129 e. The Labute approximate surface area is 76.2 Å². The van der Waals surface area contributed by atoms with Crippen molar-refractivity contribution in [3.8, 4) is 11.8 Å². The topological polar surface area (TPSA) is 33.1 Å². The second-order valence-corrected chi connectivity index (χ2v) is 2.53. The Morgan fingerprint density at radius 1 is 1.50 bits per heavy atom. The third-order valence-corrected chi connectivity index (χ3v) is 1.42. The molecule has 1 rings (SSSR count). The molecule has 0 unspecified atom stereocenters. The van der Waals surface area contributed by atoms with Crippen molar-refractivity contribution in [1.82, 2.24) is 4.98 Å². The zero-order valence-electron chi connectivity index (χ0n) is 6.42. The number of hydrogen-bond acceptors (Lipinski definition) is 2. The predicted molar refractivity (Wildman–Crippen MR) is 47.8 cm³/mol. The van der Waals surface area contributed by atoms with Gasteiger partial charge in [-0.2, -0.15) is 0 Å². The molecule has 0 aliphatic rings. The molecule has 0 radical (unpaired) electrons. The van der Waals surface area contributed by atoms with E-state index in [2.05, 4.69) is 16.8 Å². The van der Waals surface area contributed by atoms with Crippen molar-refractivity contribution in [3.63, 3.8) is 0 Å². The summed E-state index contributed by atoms with van der Waals surface area (Å²) < 4.78 is 0. The van der Waals surface area contributed by atoms with Gasteiger partial charge in [-0.05, 0) is 12.1 Å². The fraction of sp³-hybridized carbons (Fsp3) is 0.222. The Morgan fingerprint density at radius 3 is 2.92 bits per heavy atom. The maximum absolute atomic E-state index is 8.45. The van der Waals surface area contributed by atoms with E-state index in [0.717, 1.165) is 5.56 Å². The SMILES string of the molecule is OCCC#Cc1ccc(Cl)nc1. The van der Waals surface area contributed by atoms with E-state index in [-0.39, 0.29) is 6.61 Å². The molecule has 0 atom stereocenters. The van der Waals surface area contributed by atoms with E-state index in [4.69, 9.17) is 16.7 Å². The van der Waals surface area contributed by atoms with Gasteiger partial charge in [-0.15, -0.1) is 0 Å². The zero-order chi connectivity index (χ0) is 8.81. The van der Waals surface area contributed by atoms with Crippen LogP contribution in [-0.4, -0.2) is 16.7 Å². The van der Waals surface area contributed by atoms with E-state index in [1.165, 1.54) is 0 Å². The average molecular weight is 182 g/mol. The Hall–Kier alpha value is -1.04. The van der Waals surface area contributed by atoms with E-state index in [1.807, 2.05) is 0 Å². The second kappa shape index (κ2) is 4.76. The van der Waals surface area contributed by atoms with Crippen molar-refractivity contribution in [2.75, 3.05) is 6.61 Å². The Balaban J connectivity index is 2.66. The van der Waals surface area contributed by atoms with Crippen LogP contribution >= 0.6 is 11.6 Å². The highest BCUT2D eigenvalue weighted by Crippen LogP contribution is 2.03. The molecule has 3 heteroatoms. The lowest BCUT2D eigenvalue weighted by atomic mass is 10.3. The standard InChI is InChI=1S/C9H8ClNO/c10-9-5-4-8(7-11-9)3-1-2-6-12/h4-5,7,12H,2,6H2. The van der Waals surface area contributed by atoms with Gasteiger partial charge in [0.05, 0.1) is 6.61 Å². The monoisotopic (exact) mass is 181 g/mol. The van der Waals surface area contributed by atoms with Crippen LogP contribution in [0.4, 0.5) is 0 Å². The minimum atomic E-state index is 0.0913. The first-order chi connectivity index (χ1) is 5.83. The number of rotatable bonds is 1. The van der Waals surface area contributed by atoms with Crippen LogP contribution in [0, 0.1) is 11.8 Å². The summed E-state index contributed by atoms with van der Waals surface area (Å²) in [5.74, 6) is 5.63. The third-order valence-electron chi connectivity index (χ3n) is 1.20. The van der Waals surface area contributed by atoms with Gasteiger partial charge >= 0.3 is 0 Å². The summed E-state index contributed by atoms with van der Waals surface area (Å²) in [6.45, 7) is 0.0913. The highest BCUT2D eigenvalue weighted by Gasteiger charge is 1.87. The number of pyridine rings is 1. The summed E-state index contributed by atoms with van der Waals surface area (Å²) in [4.78, 5) is 3.86. The summed E-state index contributed by atoms with van der Waals surface area (Å²) >= 11 is 5.57. The summed E-state index contributed by atoms with van der Waals surface area (Å²) in [6, 6.07) is 3.48. The third kappa shape index (κ3) is 2.91. The molecule has 0 saturated carbocycles. The van der Waals surface area contributed by atoms with Gasteiger partial charge in [0.25, 0.3) is 0 Å². The van der Waals surface area contributed by atoms with Gasteiger partial charge in [0.2, 0.25) is 0 Å². The van der Waals surface area contributed by atoms with Gasteiger partial charge in [0.15, 0.2) is 0 Å². The van der Waals surface area contributed by atoms with Gasteiger partial charge in [0.1, 0.15) is 5.15 Å². The molecule has 0 aliphatic carbocycles. The molecule has 0 amide bonds. The smallest absolute Gasteiger partial charge is 0.129 e. The Bertz CT molecular complexity index is 297. The minimum Gasteiger partial charge on any atom is -0.395 e. The van der Waals surface area contributed by atoms with Crippen molar-refractivity contribution in [3.05, 3.63) is 29.0 Å². The molecule has 0 spiro atoms. The van der Waals surface area contributed by atoms with Gasteiger partial charge in [-0.25, -0.2) is 4.98 Å². The molecule has 0 fully saturated rings. The fourth-order valence-electron chi connectivity index (χ4n) is 0.670. The summed E-state index contributed by atoms with van der Waals surface area (Å²) in [7, 11) is 0. The number of aromatic nitrogens is 1. The van der Waals surface area contributed by atoms with Crippen LogP contribution in [0.2, 0.25) is 5.15 Å². The van der Waals surface area contributed by atoms with Gasteiger partial charge in [-0.3, -0.25) is 0 Å². The first-order valence-corrected chi connectivity index (χ1v) is 3.92. The molecule has 1 heterocycles. The zero-order valence-corrected chi connectivity index (χ0v) is 7.17. The Kier molecular flexibility index (Phi) is 3.59. The van der Waals surface area contributed by atoms with Crippen molar-refractivity contribution >= 4 is 11.6 Å². The molecule has 0 bridgehead atoms. The number of aliphatic hydroxyl groups excluding tert-OH is 1. The summed E-state index contributed by atoms with van der Waals surface area (Å²) in [5.41, 5.74) is 0.813. The Morgan fingerprint density at radius 2 is 2.33 bits per heavy atom. The van der Waals surface area contributed by atoms with Crippen LogP contribution in [-0.2, 0) is 0 Å². The lowest BCUT2D eigenvalue weighted by Gasteiger charge is -1.88. The quantitative estimate of drug-likeness (QED) is 0.526. The van der Waals surface area contributed by atoms with Crippen LogP contribution in [0.15, 0.2) is 18.3 Å². The first kappa shape index (κ1) is 9.05. The minimum absolute atomic E-state index is 0.0913. The normalized spacial score (nSPS) is 8.83. The van der Waals surface area contributed by atoms with Crippen LogP contribution in [0.3, 0.4) is 0 Å². The van der Waals surface area contributed by atoms with Crippen LogP contribution < -0.4 is 0 Å². The molecule has 0 saturated heterocycles. The molecule has 2 nitrogen and oxygen atoms in total. The molecule has 1 aromatic heterocycles. The van der Waals surface area contributed by atoms with Gasteiger partial charge in [0, 0.05) is 18.2 Å². The highest BCUT2D eigenvalue weighted by atomic mass is 35.5. The first-order valence-electron chi connectivity index (χ1n) is 3.54. The lowest BCUT2D eigenvalue weighted by molar-refractivity contribution is 0.305. The van der Waals surface area contributed by atoms with E-state index in [9.17, 15) is 0 Å². The molecule has 0 aliphatic heterocycles. The molecule has 1 N–H and O–H groups in total. The summed E-state index contributed by atoms with van der Waals surface area (Å²) in [5, 5.41) is 8.91. The molecule has 0 aromatic carbocycles. The molecule has 1 aromatic rings. The molecular formula is C9H8ClNO. The summed E-state index contributed by atoms with van der Waals surface area (Å²) in [6.07, 6.45) is 2.09. The fourth-order valence-corrected chi connectivity index (χ4v) is 0.782. The van der Waals surface area contributed by atoms with Crippen LogP contribution in [0.1, 0.15) is 12.0 Å². The van der Waals surface area contributed by atoms with Crippen molar-refractivity contribution in [1.29, 1.82) is 0 Å². The predicted octanol–water partition coefficient (Wildman–Crippen LogP) is 1.47. The average Bonchev–Trinajstić information content (AvgIpc) is 2.09. The van der Waals surface area contributed by atoms with E-state index in [1.54, 1.807) is 18.3 Å². The highest BCUT2D eigenvalue weighted by molar-refractivity contribution is 6.29. The van der Waals surface area contributed by atoms with Crippen molar-refractivity contribution < 1.29 is 5.11 Å². The molecular weight excluding hydrogens is 174 g/mol. The maximum atomic E-state index is 8.45. The number of hydrogen-bond donors (Lipinski definition) is 1. The molecule has 12 heavy (non-hydrogen) atoms.